The fourth-order valence-electron chi connectivity index (χ4n) is 3.15. The Morgan fingerprint density at radius 1 is 1.62 bits per heavy atom. The third kappa shape index (κ3) is 3.55. The van der Waals surface area contributed by atoms with Gasteiger partial charge in [-0.15, -0.1) is 5.10 Å². The molecule has 0 bridgehead atoms. The molecule has 2 rings (SSSR count). The fraction of sp³-hybridized carbons (Fsp3) is 0.846. The summed E-state index contributed by atoms with van der Waals surface area (Å²) >= 11 is 1.58. The number of thioether (sulfide) groups is 1. The quantitative estimate of drug-likeness (QED) is 0.733. The van der Waals surface area contributed by atoms with Gasteiger partial charge in [-0.2, -0.15) is 0 Å². The van der Waals surface area contributed by atoms with E-state index in [0.717, 1.165) is 30.2 Å². The number of nitrogens with zero attached hydrogens (tertiary/aromatic N) is 4. The maximum atomic E-state index is 11.8. The van der Waals surface area contributed by atoms with Gasteiger partial charge in [0.25, 0.3) is 0 Å². The summed E-state index contributed by atoms with van der Waals surface area (Å²) in [5.41, 5.74) is -0.771. The lowest BCUT2D eigenvalue weighted by atomic mass is 9.84. The van der Waals surface area contributed by atoms with Crippen molar-refractivity contribution in [3.63, 3.8) is 0 Å². The molecule has 0 radical (unpaired) electrons. The highest BCUT2D eigenvalue weighted by Gasteiger charge is 2.48. The molecule has 1 saturated carbocycles. The van der Waals surface area contributed by atoms with Crippen LogP contribution >= 0.6 is 11.8 Å². The lowest BCUT2D eigenvalue weighted by molar-refractivity contribution is -0.147. The van der Waals surface area contributed by atoms with Crippen LogP contribution in [0.4, 0.5) is 0 Å². The smallest absolute Gasteiger partial charge is 0.324 e. The third-order valence-corrected chi connectivity index (χ3v) is 5.07. The fourth-order valence-corrected chi connectivity index (χ4v) is 4.06. The molecule has 1 aromatic heterocycles. The highest BCUT2D eigenvalue weighted by molar-refractivity contribution is 7.99. The summed E-state index contributed by atoms with van der Waals surface area (Å²) in [5.74, 6) is 0.267. The van der Waals surface area contributed by atoms with Gasteiger partial charge >= 0.3 is 5.97 Å². The van der Waals surface area contributed by atoms with Crippen LogP contribution in [0.1, 0.15) is 39.5 Å². The zero-order valence-electron chi connectivity index (χ0n) is 12.7. The van der Waals surface area contributed by atoms with E-state index < -0.39 is 11.5 Å². The second-order valence-electron chi connectivity index (χ2n) is 5.89. The van der Waals surface area contributed by atoms with Crippen LogP contribution in [-0.4, -0.2) is 48.6 Å². The van der Waals surface area contributed by atoms with E-state index in [0.29, 0.717) is 6.42 Å². The molecule has 7 nitrogen and oxygen atoms in total. The molecule has 2 unspecified atom stereocenters. The molecule has 21 heavy (non-hydrogen) atoms. The largest absolute Gasteiger partial charge is 0.480 e. The molecule has 1 aromatic rings. The number of tetrazole rings is 1. The topological polar surface area (TPSA) is 92.9 Å². The minimum absolute atomic E-state index is 0.158. The van der Waals surface area contributed by atoms with E-state index >= 15 is 0 Å². The van der Waals surface area contributed by atoms with Crippen molar-refractivity contribution in [1.82, 2.24) is 25.5 Å². The number of aryl methyl sites for hydroxylation is 1. The zero-order valence-corrected chi connectivity index (χ0v) is 13.6. The molecule has 1 heterocycles. The highest BCUT2D eigenvalue weighted by Crippen LogP contribution is 2.39. The van der Waals surface area contributed by atoms with Gasteiger partial charge in [0.05, 0.1) is 0 Å². The van der Waals surface area contributed by atoms with E-state index in [9.17, 15) is 9.90 Å². The van der Waals surface area contributed by atoms with Crippen LogP contribution in [0, 0.1) is 5.92 Å². The van der Waals surface area contributed by atoms with Crippen molar-refractivity contribution in [2.45, 2.75) is 56.3 Å². The number of hydrogen-bond donors (Lipinski definition) is 2. The first-order chi connectivity index (χ1) is 9.95. The number of nitrogens with one attached hydrogen (secondary N) is 1. The molecule has 1 aliphatic carbocycles. The Balaban J connectivity index is 1.97. The summed E-state index contributed by atoms with van der Waals surface area (Å²) in [6.07, 6.45) is 3.49. The first-order valence-corrected chi connectivity index (χ1v) is 8.30. The van der Waals surface area contributed by atoms with E-state index in [1.54, 1.807) is 23.5 Å². The van der Waals surface area contributed by atoms with Crippen LogP contribution in [0.25, 0.3) is 0 Å². The van der Waals surface area contributed by atoms with Gasteiger partial charge in [0, 0.05) is 18.8 Å². The van der Waals surface area contributed by atoms with Crippen LogP contribution in [0.15, 0.2) is 5.16 Å². The van der Waals surface area contributed by atoms with Crippen LogP contribution in [0.2, 0.25) is 0 Å². The van der Waals surface area contributed by atoms with Gasteiger partial charge in [0.2, 0.25) is 5.16 Å². The standard InChI is InChI=1S/C13H23N5O2S/c1-9(2)14-13(11(19)20)7-4-5-10(13)6-8-21-12-15-16-17-18(12)3/h9-10,14H,4-8H2,1-3H3,(H,19,20). The second-order valence-corrected chi connectivity index (χ2v) is 6.95. The Bertz CT molecular complexity index is 493. The van der Waals surface area contributed by atoms with Crippen LogP contribution in [0.5, 0.6) is 0 Å². The minimum Gasteiger partial charge on any atom is -0.480 e. The number of carbonyl (C=O) groups is 1. The molecular formula is C13H23N5O2S. The van der Waals surface area contributed by atoms with Gasteiger partial charge < -0.3 is 5.11 Å². The van der Waals surface area contributed by atoms with Crippen LogP contribution < -0.4 is 5.32 Å². The van der Waals surface area contributed by atoms with E-state index in [-0.39, 0.29) is 12.0 Å². The molecule has 118 valence electrons. The first kappa shape index (κ1) is 16.2. The number of rotatable bonds is 7. The Morgan fingerprint density at radius 2 is 2.38 bits per heavy atom. The van der Waals surface area contributed by atoms with E-state index in [1.807, 2.05) is 13.8 Å². The molecule has 0 saturated heterocycles. The molecule has 0 aliphatic heterocycles. The summed E-state index contributed by atoms with van der Waals surface area (Å²) in [6, 6.07) is 0.164. The van der Waals surface area contributed by atoms with Crippen molar-refractivity contribution in [1.29, 1.82) is 0 Å². The second kappa shape index (κ2) is 6.74. The first-order valence-electron chi connectivity index (χ1n) is 7.32. The number of hydrogen-bond acceptors (Lipinski definition) is 6. The molecule has 8 heteroatoms. The number of aromatic nitrogens is 4. The van der Waals surface area contributed by atoms with Crippen molar-refractivity contribution in [2.75, 3.05) is 5.75 Å². The monoisotopic (exact) mass is 313 g/mol. The minimum atomic E-state index is -0.771. The van der Waals surface area contributed by atoms with Crippen LogP contribution in [-0.2, 0) is 11.8 Å². The van der Waals surface area contributed by atoms with Crippen molar-refractivity contribution >= 4 is 17.7 Å². The van der Waals surface area contributed by atoms with Crippen molar-refractivity contribution in [3.05, 3.63) is 0 Å². The van der Waals surface area contributed by atoms with E-state index in [4.69, 9.17) is 0 Å². The Hall–Kier alpha value is -1.15. The lowest BCUT2D eigenvalue weighted by Crippen LogP contribution is -2.57. The molecule has 2 atom stereocenters. The molecule has 1 fully saturated rings. The molecular weight excluding hydrogens is 290 g/mol. The molecule has 0 aromatic carbocycles. The predicted molar refractivity (Wildman–Crippen MR) is 80.1 cm³/mol. The molecule has 0 spiro atoms. The Labute approximate surface area is 128 Å². The Morgan fingerprint density at radius 3 is 2.95 bits per heavy atom. The lowest BCUT2D eigenvalue weighted by Gasteiger charge is -2.34. The summed E-state index contributed by atoms with van der Waals surface area (Å²) in [6.45, 7) is 4.00. The zero-order chi connectivity index (χ0) is 15.5. The number of carboxylic acids is 1. The van der Waals surface area contributed by atoms with Crippen LogP contribution in [0.3, 0.4) is 0 Å². The average molecular weight is 313 g/mol. The maximum Gasteiger partial charge on any atom is 0.324 e. The summed E-state index contributed by atoms with van der Waals surface area (Å²) in [7, 11) is 1.81. The van der Waals surface area contributed by atoms with Crippen molar-refractivity contribution in [2.24, 2.45) is 13.0 Å². The summed E-state index contributed by atoms with van der Waals surface area (Å²) in [4.78, 5) is 11.8. The molecule has 1 aliphatic rings. The highest BCUT2D eigenvalue weighted by atomic mass is 32.2. The predicted octanol–water partition coefficient (Wildman–Crippen LogP) is 1.31. The van der Waals surface area contributed by atoms with Gasteiger partial charge in [-0.05, 0) is 49.5 Å². The third-order valence-electron chi connectivity index (χ3n) is 4.03. The van der Waals surface area contributed by atoms with Crippen molar-refractivity contribution in [3.8, 4) is 0 Å². The van der Waals surface area contributed by atoms with E-state index in [1.165, 1.54) is 0 Å². The molecule has 2 N–H and O–H groups in total. The average Bonchev–Trinajstić information content (AvgIpc) is 2.97. The summed E-state index contributed by atoms with van der Waals surface area (Å²) in [5, 5.41) is 25.1. The number of carboxylic acid groups (broad SMARTS) is 1. The van der Waals surface area contributed by atoms with Gasteiger partial charge in [-0.1, -0.05) is 18.2 Å². The van der Waals surface area contributed by atoms with Gasteiger partial charge in [0.1, 0.15) is 5.54 Å². The molecule has 0 amide bonds. The Kier molecular flexibility index (Phi) is 5.21. The van der Waals surface area contributed by atoms with E-state index in [2.05, 4.69) is 20.8 Å². The normalized spacial score (nSPS) is 25.6. The maximum absolute atomic E-state index is 11.8. The SMILES string of the molecule is CC(C)NC1(C(=O)O)CCCC1CCSc1nnnn1C. The van der Waals surface area contributed by atoms with Gasteiger partial charge in [-0.3, -0.25) is 10.1 Å². The summed E-state index contributed by atoms with van der Waals surface area (Å²) < 4.78 is 1.64. The van der Waals surface area contributed by atoms with Gasteiger partial charge in [0.15, 0.2) is 0 Å². The van der Waals surface area contributed by atoms with Crippen molar-refractivity contribution < 1.29 is 9.90 Å². The van der Waals surface area contributed by atoms with Gasteiger partial charge in [-0.25, -0.2) is 4.68 Å². The number of aliphatic carboxylic acids is 1.